The number of hydrogen-bond acceptors (Lipinski definition) is 4. The highest BCUT2D eigenvalue weighted by Gasteiger charge is 2.14. The van der Waals surface area contributed by atoms with Crippen molar-refractivity contribution in [2.75, 3.05) is 0 Å². The first-order valence-corrected chi connectivity index (χ1v) is 9.68. The van der Waals surface area contributed by atoms with Crippen LogP contribution in [0.4, 0.5) is 0 Å². The van der Waals surface area contributed by atoms with Gasteiger partial charge in [-0.25, -0.2) is 0 Å². The molecule has 3 aromatic rings. The first kappa shape index (κ1) is 19.8. The lowest BCUT2D eigenvalue weighted by Crippen LogP contribution is -2.24. The van der Waals surface area contributed by atoms with Crippen molar-refractivity contribution in [2.45, 2.75) is 26.6 Å². The highest BCUT2D eigenvalue weighted by atomic mass is 79.9. The van der Waals surface area contributed by atoms with Crippen molar-refractivity contribution in [3.63, 3.8) is 0 Å². The molecule has 0 saturated carbocycles. The first-order chi connectivity index (χ1) is 13.0. The monoisotopic (exact) mass is 471 g/mol. The summed E-state index contributed by atoms with van der Waals surface area (Å²) in [6.07, 6.45) is 1.70. The lowest BCUT2D eigenvalue weighted by atomic mass is 10.3. The van der Waals surface area contributed by atoms with Crippen LogP contribution in [0.2, 0.25) is 10.0 Å². The fourth-order valence-electron chi connectivity index (χ4n) is 2.41. The number of rotatable bonds is 7. The van der Waals surface area contributed by atoms with E-state index in [1.54, 1.807) is 41.2 Å². The molecule has 1 aromatic carbocycles. The second-order valence-corrected chi connectivity index (χ2v) is 7.18. The number of carbonyl (C=O) groups is 1. The predicted molar refractivity (Wildman–Crippen MR) is 106 cm³/mol. The fourth-order valence-corrected chi connectivity index (χ4v) is 3.19. The van der Waals surface area contributed by atoms with E-state index >= 15 is 0 Å². The Bertz CT molecular complexity index is 955. The van der Waals surface area contributed by atoms with Crippen molar-refractivity contribution >= 4 is 45.0 Å². The van der Waals surface area contributed by atoms with Crippen LogP contribution in [0, 0.1) is 0 Å². The van der Waals surface area contributed by atoms with E-state index in [4.69, 9.17) is 32.4 Å². The van der Waals surface area contributed by atoms with Gasteiger partial charge in [-0.1, -0.05) is 29.3 Å². The van der Waals surface area contributed by atoms with E-state index < -0.39 is 0 Å². The Hall–Kier alpha value is -1.96. The zero-order valence-corrected chi connectivity index (χ0v) is 17.4. The van der Waals surface area contributed by atoms with E-state index in [2.05, 4.69) is 26.3 Å². The number of hydrogen-bond donors (Lipinski definition) is 1. The number of furan rings is 1. The molecule has 0 fully saturated rings. The third-order valence-corrected chi connectivity index (χ3v) is 5.25. The second kappa shape index (κ2) is 8.82. The molecule has 0 spiro atoms. The van der Waals surface area contributed by atoms with E-state index in [1.165, 1.54) is 0 Å². The van der Waals surface area contributed by atoms with E-state index in [1.807, 2.05) is 6.92 Å². The summed E-state index contributed by atoms with van der Waals surface area (Å²) < 4.78 is 13.8. The Morgan fingerprint density at radius 3 is 2.93 bits per heavy atom. The van der Waals surface area contributed by atoms with Crippen LogP contribution in [0.15, 0.2) is 45.4 Å². The van der Waals surface area contributed by atoms with E-state index in [0.29, 0.717) is 34.6 Å². The molecule has 3 rings (SSSR count). The summed E-state index contributed by atoms with van der Waals surface area (Å²) in [5.74, 6) is 0.822. The minimum Gasteiger partial charge on any atom is -0.484 e. The largest absolute Gasteiger partial charge is 0.484 e. The van der Waals surface area contributed by atoms with Crippen molar-refractivity contribution in [3.8, 4) is 5.75 Å². The molecule has 27 heavy (non-hydrogen) atoms. The zero-order valence-electron chi connectivity index (χ0n) is 14.3. The van der Waals surface area contributed by atoms with Crippen LogP contribution in [0.1, 0.15) is 28.9 Å². The van der Waals surface area contributed by atoms with Gasteiger partial charge in [-0.3, -0.25) is 9.48 Å². The molecule has 0 saturated heterocycles. The highest BCUT2D eigenvalue weighted by molar-refractivity contribution is 9.10. The minimum atomic E-state index is -0.321. The number of carbonyl (C=O) groups excluding carboxylic acids is 1. The Kier molecular flexibility index (Phi) is 6.46. The molecule has 0 radical (unpaired) electrons. The number of nitrogens with one attached hydrogen (secondary N) is 1. The number of halogens is 3. The number of benzene rings is 1. The summed E-state index contributed by atoms with van der Waals surface area (Å²) in [7, 11) is 0. The van der Waals surface area contributed by atoms with Crippen LogP contribution >= 0.6 is 39.1 Å². The molecule has 0 unspecified atom stereocenters. The van der Waals surface area contributed by atoms with Crippen LogP contribution < -0.4 is 10.1 Å². The molecule has 0 atom stereocenters. The topological polar surface area (TPSA) is 69.3 Å². The molecule has 0 aliphatic heterocycles. The molecule has 142 valence electrons. The number of amides is 1. The van der Waals surface area contributed by atoms with E-state index in [9.17, 15) is 4.79 Å². The van der Waals surface area contributed by atoms with Crippen molar-refractivity contribution in [3.05, 3.63) is 68.3 Å². The summed E-state index contributed by atoms with van der Waals surface area (Å²) in [5.41, 5.74) is 0.886. The third kappa shape index (κ3) is 4.66. The van der Waals surface area contributed by atoms with E-state index in [-0.39, 0.29) is 18.3 Å². The Morgan fingerprint density at radius 1 is 1.33 bits per heavy atom. The van der Waals surface area contributed by atoms with Gasteiger partial charge >= 0.3 is 0 Å². The first-order valence-electron chi connectivity index (χ1n) is 8.13. The summed E-state index contributed by atoms with van der Waals surface area (Å²) in [5, 5.41) is 7.77. The quantitative estimate of drug-likeness (QED) is 0.520. The zero-order chi connectivity index (χ0) is 19.4. The van der Waals surface area contributed by atoms with Crippen LogP contribution in [-0.4, -0.2) is 15.7 Å². The molecule has 1 amide bonds. The van der Waals surface area contributed by atoms with Crippen LogP contribution in [0.3, 0.4) is 0 Å². The van der Waals surface area contributed by atoms with Gasteiger partial charge < -0.3 is 14.5 Å². The normalized spacial score (nSPS) is 10.8. The van der Waals surface area contributed by atoms with E-state index in [0.717, 1.165) is 10.2 Å². The summed E-state index contributed by atoms with van der Waals surface area (Å²) >= 11 is 15.5. The number of nitrogens with zero attached hydrogens (tertiary/aromatic N) is 2. The van der Waals surface area contributed by atoms with Gasteiger partial charge in [0.05, 0.1) is 27.9 Å². The molecule has 1 N–H and O–H groups in total. The molecule has 0 bridgehead atoms. The van der Waals surface area contributed by atoms with Gasteiger partial charge in [0, 0.05) is 6.54 Å². The third-order valence-electron chi connectivity index (χ3n) is 3.79. The van der Waals surface area contributed by atoms with Crippen molar-refractivity contribution in [2.24, 2.45) is 0 Å². The standard InChI is InChI=1S/C18H16BrCl2N3O3/c1-2-24-14(12(19)8-23-24)9-22-18(25)16-7-6-11(27-16)10-26-15-5-3-4-13(20)17(15)21/h3-8H,2,9-10H2,1H3,(H,22,25). The molecular weight excluding hydrogens is 457 g/mol. The molecule has 2 aromatic heterocycles. The van der Waals surface area contributed by atoms with Crippen molar-refractivity contribution in [1.82, 2.24) is 15.1 Å². The minimum absolute atomic E-state index is 0.126. The highest BCUT2D eigenvalue weighted by Crippen LogP contribution is 2.32. The van der Waals surface area contributed by atoms with Crippen LogP contribution in [0.25, 0.3) is 0 Å². The van der Waals surface area contributed by atoms with Crippen LogP contribution in [0.5, 0.6) is 5.75 Å². The Morgan fingerprint density at radius 2 is 2.15 bits per heavy atom. The summed E-state index contributed by atoms with van der Waals surface area (Å²) in [6, 6.07) is 8.40. The lowest BCUT2D eigenvalue weighted by Gasteiger charge is -2.08. The number of aryl methyl sites for hydroxylation is 1. The van der Waals surface area contributed by atoms with Gasteiger partial charge in [-0.05, 0) is 47.1 Å². The SMILES string of the molecule is CCn1ncc(Br)c1CNC(=O)c1ccc(COc2cccc(Cl)c2Cl)o1. The molecule has 9 heteroatoms. The van der Waals surface area contributed by atoms with Gasteiger partial charge in [0.1, 0.15) is 23.1 Å². The van der Waals surface area contributed by atoms with Gasteiger partial charge in [-0.15, -0.1) is 0 Å². The summed E-state index contributed by atoms with van der Waals surface area (Å²) in [6.45, 7) is 3.15. The number of aromatic nitrogens is 2. The van der Waals surface area contributed by atoms with Gasteiger partial charge in [0.15, 0.2) is 5.76 Å². The molecular formula is C18H16BrCl2N3O3. The number of ether oxygens (including phenoxy) is 1. The predicted octanol–water partition coefficient (Wildman–Crippen LogP) is 5.07. The Labute approximate surface area is 174 Å². The van der Waals surface area contributed by atoms with Gasteiger partial charge in [-0.2, -0.15) is 5.10 Å². The maximum Gasteiger partial charge on any atom is 0.287 e. The second-order valence-electron chi connectivity index (χ2n) is 5.54. The Balaban J connectivity index is 1.59. The fraction of sp³-hybridized carbons (Fsp3) is 0.222. The molecule has 6 nitrogen and oxygen atoms in total. The lowest BCUT2D eigenvalue weighted by molar-refractivity contribution is 0.0918. The van der Waals surface area contributed by atoms with Gasteiger partial charge in [0.2, 0.25) is 0 Å². The molecule has 0 aliphatic carbocycles. The maximum atomic E-state index is 12.3. The average Bonchev–Trinajstić information content (AvgIpc) is 3.27. The van der Waals surface area contributed by atoms with Crippen molar-refractivity contribution < 1.29 is 13.9 Å². The van der Waals surface area contributed by atoms with Crippen molar-refractivity contribution in [1.29, 1.82) is 0 Å². The average molecular weight is 473 g/mol. The molecule has 2 heterocycles. The maximum absolute atomic E-state index is 12.3. The smallest absolute Gasteiger partial charge is 0.287 e. The molecule has 0 aliphatic rings. The van der Waals surface area contributed by atoms with Gasteiger partial charge in [0.25, 0.3) is 5.91 Å². The summed E-state index contributed by atoms with van der Waals surface area (Å²) in [4.78, 5) is 12.3. The van der Waals surface area contributed by atoms with Crippen LogP contribution in [-0.2, 0) is 19.7 Å².